The minimum absolute atomic E-state index is 0.0556. The largest absolute Gasteiger partial charge is 0.483 e. The third-order valence-corrected chi connectivity index (χ3v) is 4.63. The number of nitrogens with one attached hydrogen (secondary N) is 1. The van der Waals surface area contributed by atoms with Crippen LogP contribution in [0.5, 0.6) is 5.75 Å². The molecule has 1 amide bonds. The maximum absolute atomic E-state index is 12.2. The minimum atomic E-state index is -0.242. The number of benzene rings is 2. The molecule has 1 N–H and O–H groups in total. The summed E-state index contributed by atoms with van der Waals surface area (Å²) in [6.45, 7) is 4.71. The van der Waals surface area contributed by atoms with Gasteiger partial charge >= 0.3 is 0 Å². The highest BCUT2D eigenvalue weighted by Gasteiger charge is 2.21. The molecule has 25 heavy (non-hydrogen) atoms. The van der Waals surface area contributed by atoms with Crippen molar-refractivity contribution in [3.63, 3.8) is 0 Å². The van der Waals surface area contributed by atoms with Crippen LogP contribution in [0.1, 0.15) is 23.1 Å². The van der Waals surface area contributed by atoms with Crippen LogP contribution in [0.3, 0.4) is 0 Å². The Kier molecular flexibility index (Phi) is 5.34. The lowest BCUT2D eigenvalue weighted by Crippen LogP contribution is -2.46. The van der Waals surface area contributed by atoms with Gasteiger partial charge in [0, 0.05) is 12.2 Å². The number of thiocarbonyl (C=S) groups is 1. The van der Waals surface area contributed by atoms with E-state index in [9.17, 15) is 4.79 Å². The molecular formula is C20H22N2O2S. The number of para-hydroxylation sites is 1. The Morgan fingerprint density at radius 2 is 2.04 bits per heavy atom. The first-order valence-electron chi connectivity index (χ1n) is 8.44. The second kappa shape index (κ2) is 7.66. The van der Waals surface area contributed by atoms with E-state index in [1.54, 1.807) is 0 Å². The Morgan fingerprint density at radius 3 is 2.88 bits per heavy atom. The van der Waals surface area contributed by atoms with Crippen molar-refractivity contribution in [2.75, 3.05) is 18.1 Å². The van der Waals surface area contributed by atoms with Gasteiger partial charge in [-0.15, -0.1) is 0 Å². The SMILES string of the molecule is Cc1ccc(C)c(OCC(=O)NC(=S)N2CCCc3ccccc32)c1. The first-order chi connectivity index (χ1) is 12.0. The van der Waals surface area contributed by atoms with E-state index < -0.39 is 0 Å². The molecule has 0 saturated heterocycles. The molecule has 1 heterocycles. The zero-order valence-corrected chi connectivity index (χ0v) is 15.4. The number of nitrogens with zero attached hydrogens (tertiary/aromatic N) is 1. The lowest BCUT2D eigenvalue weighted by molar-refractivity contribution is -0.121. The van der Waals surface area contributed by atoms with Crippen molar-refractivity contribution in [2.24, 2.45) is 0 Å². The first kappa shape index (κ1) is 17.4. The molecular weight excluding hydrogens is 332 g/mol. The van der Waals surface area contributed by atoms with E-state index in [4.69, 9.17) is 17.0 Å². The fourth-order valence-corrected chi connectivity index (χ4v) is 3.28. The Bertz CT molecular complexity index is 804. The molecule has 5 heteroatoms. The van der Waals surface area contributed by atoms with E-state index in [1.807, 2.05) is 55.1 Å². The molecule has 2 aromatic rings. The average Bonchev–Trinajstić information content (AvgIpc) is 2.62. The van der Waals surface area contributed by atoms with Crippen LogP contribution in [0, 0.1) is 13.8 Å². The smallest absolute Gasteiger partial charge is 0.264 e. The molecule has 0 radical (unpaired) electrons. The lowest BCUT2D eigenvalue weighted by atomic mass is 10.0. The summed E-state index contributed by atoms with van der Waals surface area (Å²) in [6, 6.07) is 14.1. The molecule has 0 spiro atoms. The van der Waals surface area contributed by atoms with Gasteiger partial charge in [-0.3, -0.25) is 10.1 Å². The van der Waals surface area contributed by atoms with Crippen LogP contribution in [-0.2, 0) is 11.2 Å². The van der Waals surface area contributed by atoms with Gasteiger partial charge in [-0.25, -0.2) is 0 Å². The van der Waals surface area contributed by atoms with Gasteiger partial charge in [-0.2, -0.15) is 0 Å². The summed E-state index contributed by atoms with van der Waals surface area (Å²) in [4.78, 5) is 14.2. The van der Waals surface area contributed by atoms with Crippen molar-refractivity contribution >= 4 is 28.9 Å². The van der Waals surface area contributed by atoms with Crippen LogP contribution >= 0.6 is 12.2 Å². The zero-order valence-electron chi connectivity index (χ0n) is 14.5. The highest BCUT2D eigenvalue weighted by molar-refractivity contribution is 7.80. The van der Waals surface area contributed by atoms with E-state index in [-0.39, 0.29) is 12.5 Å². The van der Waals surface area contributed by atoms with Crippen molar-refractivity contribution in [1.82, 2.24) is 5.32 Å². The van der Waals surface area contributed by atoms with Crippen LogP contribution < -0.4 is 15.0 Å². The topological polar surface area (TPSA) is 41.6 Å². The van der Waals surface area contributed by atoms with Crippen molar-refractivity contribution in [2.45, 2.75) is 26.7 Å². The Morgan fingerprint density at radius 1 is 1.24 bits per heavy atom. The molecule has 1 aliphatic rings. The van der Waals surface area contributed by atoms with Crippen LogP contribution in [0.25, 0.3) is 0 Å². The number of hydrogen-bond acceptors (Lipinski definition) is 3. The molecule has 3 rings (SSSR count). The molecule has 1 aliphatic heterocycles. The van der Waals surface area contributed by atoms with Gasteiger partial charge < -0.3 is 9.64 Å². The van der Waals surface area contributed by atoms with Gasteiger partial charge in [-0.1, -0.05) is 30.3 Å². The number of carbonyl (C=O) groups is 1. The van der Waals surface area contributed by atoms with E-state index in [0.29, 0.717) is 5.11 Å². The molecule has 0 fully saturated rings. The zero-order chi connectivity index (χ0) is 17.8. The van der Waals surface area contributed by atoms with Gasteiger partial charge in [0.05, 0.1) is 0 Å². The maximum Gasteiger partial charge on any atom is 0.264 e. The minimum Gasteiger partial charge on any atom is -0.483 e. The number of rotatable bonds is 3. The maximum atomic E-state index is 12.2. The number of ether oxygens (including phenoxy) is 1. The highest BCUT2D eigenvalue weighted by Crippen LogP contribution is 2.26. The van der Waals surface area contributed by atoms with Crippen LogP contribution in [-0.4, -0.2) is 24.2 Å². The Balaban J connectivity index is 1.60. The second-order valence-corrected chi connectivity index (χ2v) is 6.68. The molecule has 4 nitrogen and oxygen atoms in total. The number of anilines is 1. The molecule has 0 aromatic heterocycles. The average molecular weight is 354 g/mol. The third-order valence-electron chi connectivity index (χ3n) is 4.30. The summed E-state index contributed by atoms with van der Waals surface area (Å²) in [5.41, 5.74) is 4.44. The number of amides is 1. The van der Waals surface area contributed by atoms with E-state index in [2.05, 4.69) is 11.4 Å². The summed E-state index contributed by atoms with van der Waals surface area (Å²) in [5.74, 6) is 0.485. The molecule has 0 unspecified atom stereocenters. The Hall–Kier alpha value is -2.40. The van der Waals surface area contributed by atoms with Gasteiger partial charge in [0.1, 0.15) is 5.75 Å². The fourth-order valence-electron chi connectivity index (χ4n) is 2.97. The van der Waals surface area contributed by atoms with Gasteiger partial charge in [0.25, 0.3) is 5.91 Å². The normalized spacial score (nSPS) is 13.1. The third kappa shape index (κ3) is 4.17. The van der Waals surface area contributed by atoms with Gasteiger partial charge in [0.2, 0.25) is 0 Å². The fraction of sp³-hybridized carbons (Fsp3) is 0.300. The number of fused-ring (bicyclic) bond motifs is 1. The van der Waals surface area contributed by atoms with Crippen LogP contribution in [0.2, 0.25) is 0 Å². The standard InChI is InChI=1S/C20H22N2O2S/c1-14-9-10-15(2)18(12-14)24-13-19(23)21-20(25)22-11-5-7-16-6-3-4-8-17(16)22/h3-4,6,8-10,12H,5,7,11,13H2,1-2H3,(H,21,23,25). The van der Waals surface area contributed by atoms with Crippen molar-refractivity contribution in [3.8, 4) is 5.75 Å². The van der Waals surface area contributed by atoms with Crippen molar-refractivity contribution < 1.29 is 9.53 Å². The monoisotopic (exact) mass is 354 g/mol. The van der Waals surface area contributed by atoms with Crippen LogP contribution in [0.4, 0.5) is 5.69 Å². The van der Waals surface area contributed by atoms with E-state index >= 15 is 0 Å². The first-order valence-corrected chi connectivity index (χ1v) is 8.85. The molecule has 0 atom stereocenters. The van der Waals surface area contributed by atoms with Crippen molar-refractivity contribution in [1.29, 1.82) is 0 Å². The Labute approximate surface area is 153 Å². The summed E-state index contributed by atoms with van der Waals surface area (Å²) in [7, 11) is 0. The lowest BCUT2D eigenvalue weighted by Gasteiger charge is -2.31. The van der Waals surface area contributed by atoms with Gasteiger partial charge in [-0.05, 0) is 67.7 Å². The summed E-state index contributed by atoms with van der Waals surface area (Å²) < 4.78 is 5.65. The molecule has 130 valence electrons. The predicted molar refractivity (Wildman–Crippen MR) is 104 cm³/mol. The molecule has 0 bridgehead atoms. The summed E-state index contributed by atoms with van der Waals surface area (Å²) >= 11 is 5.44. The summed E-state index contributed by atoms with van der Waals surface area (Å²) in [5, 5.41) is 3.22. The summed E-state index contributed by atoms with van der Waals surface area (Å²) in [6.07, 6.45) is 2.06. The van der Waals surface area contributed by atoms with Gasteiger partial charge in [0.15, 0.2) is 11.7 Å². The van der Waals surface area contributed by atoms with Crippen LogP contribution in [0.15, 0.2) is 42.5 Å². The number of hydrogen-bond donors (Lipinski definition) is 1. The molecule has 0 aliphatic carbocycles. The quantitative estimate of drug-likeness (QED) is 0.856. The number of carbonyl (C=O) groups excluding carboxylic acids is 1. The van der Waals surface area contributed by atoms with Crippen molar-refractivity contribution in [3.05, 3.63) is 59.2 Å². The molecule has 2 aromatic carbocycles. The van der Waals surface area contributed by atoms with E-state index in [1.165, 1.54) is 5.56 Å². The highest BCUT2D eigenvalue weighted by atomic mass is 32.1. The predicted octanol–water partition coefficient (Wildman–Crippen LogP) is 3.54. The molecule has 0 saturated carbocycles. The second-order valence-electron chi connectivity index (χ2n) is 6.29. The number of aryl methyl sites for hydroxylation is 3. The van der Waals surface area contributed by atoms with E-state index in [0.717, 1.165) is 42.0 Å².